The predicted octanol–water partition coefficient (Wildman–Crippen LogP) is 3.87. The van der Waals surface area contributed by atoms with Crippen molar-refractivity contribution in [3.63, 3.8) is 0 Å². The standard InChI is InChI=1S/C14H22BrN3O/c1-4-16-14-17-8-12(15)13(18-14)19-11-6-5-9(2)10(3)7-11/h8-11H,4-7H2,1-3H3,(H,16,17,18). The van der Waals surface area contributed by atoms with Gasteiger partial charge in [0.05, 0.1) is 10.7 Å². The molecule has 1 N–H and O–H groups in total. The lowest BCUT2D eigenvalue weighted by molar-refractivity contribution is 0.0957. The number of aromatic nitrogens is 2. The normalized spacial score (nSPS) is 27.1. The number of halogens is 1. The van der Waals surface area contributed by atoms with E-state index in [9.17, 15) is 0 Å². The lowest BCUT2D eigenvalue weighted by Gasteiger charge is -2.32. The van der Waals surface area contributed by atoms with Crippen LogP contribution >= 0.6 is 15.9 Å². The fraction of sp³-hybridized carbons (Fsp3) is 0.714. The highest BCUT2D eigenvalue weighted by atomic mass is 79.9. The maximum Gasteiger partial charge on any atom is 0.233 e. The van der Waals surface area contributed by atoms with Gasteiger partial charge in [0.2, 0.25) is 11.8 Å². The van der Waals surface area contributed by atoms with Gasteiger partial charge < -0.3 is 10.1 Å². The first kappa shape index (κ1) is 14.6. The van der Waals surface area contributed by atoms with Crippen molar-refractivity contribution in [2.24, 2.45) is 11.8 Å². The maximum absolute atomic E-state index is 6.05. The van der Waals surface area contributed by atoms with Gasteiger partial charge in [-0.25, -0.2) is 4.98 Å². The summed E-state index contributed by atoms with van der Waals surface area (Å²) in [5.74, 6) is 2.79. The van der Waals surface area contributed by atoms with Crippen LogP contribution in [0, 0.1) is 11.8 Å². The van der Waals surface area contributed by atoms with Crippen molar-refractivity contribution < 1.29 is 4.74 Å². The highest BCUT2D eigenvalue weighted by molar-refractivity contribution is 9.10. The van der Waals surface area contributed by atoms with Crippen LogP contribution in [0.15, 0.2) is 10.7 Å². The Balaban J connectivity index is 2.04. The molecule has 0 amide bonds. The lowest BCUT2D eigenvalue weighted by atomic mass is 9.80. The zero-order valence-corrected chi connectivity index (χ0v) is 13.4. The summed E-state index contributed by atoms with van der Waals surface area (Å²) in [6.45, 7) is 7.46. The average molecular weight is 328 g/mol. The zero-order chi connectivity index (χ0) is 13.8. The molecule has 0 spiro atoms. The highest BCUT2D eigenvalue weighted by Crippen LogP contribution is 2.33. The van der Waals surface area contributed by atoms with E-state index in [0.29, 0.717) is 17.7 Å². The SMILES string of the molecule is CCNc1ncc(Br)c(OC2CCC(C)C(C)C2)n1. The van der Waals surface area contributed by atoms with Gasteiger partial charge in [0, 0.05) is 6.54 Å². The van der Waals surface area contributed by atoms with E-state index >= 15 is 0 Å². The summed E-state index contributed by atoms with van der Waals surface area (Å²) in [6, 6.07) is 0. The third-order valence-corrected chi connectivity index (χ3v) is 4.42. The molecule has 4 nitrogen and oxygen atoms in total. The molecule has 0 saturated heterocycles. The molecule has 1 aromatic rings. The number of nitrogens with zero attached hydrogens (tertiary/aromatic N) is 2. The molecule has 19 heavy (non-hydrogen) atoms. The first-order valence-corrected chi connectivity index (χ1v) is 7.82. The molecule has 3 unspecified atom stereocenters. The summed E-state index contributed by atoms with van der Waals surface area (Å²) in [6.07, 6.45) is 5.46. The summed E-state index contributed by atoms with van der Waals surface area (Å²) in [7, 11) is 0. The number of rotatable bonds is 4. The van der Waals surface area contributed by atoms with E-state index in [4.69, 9.17) is 4.74 Å². The molecule has 0 aliphatic heterocycles. The Hall–Kier alpha value is -0.840. The van der Waals surface area contributed by atoms with Crippen LogP contribution in [0.25, 0.3) is 0 Å². The van der Waals surface area contributed by atoms with Gasteiger partial charge in [-0.05, 0) is 54.0 Å². The van der Waals surface area contributed by atoms with Gasteiger partial charge in [0.1, 0.15) is 6.10 Å². The Bertz CT molecular complexity index is 427. The van der Waals surface area contributed by atoms with Crippen LogP contribution in [-0.4, -0.2) is 22.6 Å². The molecule has 1 aromatic heterocycles. The van der Waals surface area contributed by atoms with Gasteiger partial charge in [-0.3, -0.25) is 0 Å². The average Bonchev–Trinajstić information content (AvgIpc) is 2.38. The second-order valence-corrected chi connectivity index (χ2v) is 6.24. The molecule has 5 heteroatoms. The van der Waals surface area contributed by atoms with Gasteiger partial charge in [0.15, 0.2) is 0 Å². The van der Waals surface area contributed by atoms with Crippen molar-refractivity contribution in [3.05, 3.63) is 10.7 Å². The van der Waals surface area contributed by atoms with Crippen LogP contribution in [0.1, 0.15) is 40.0 Å². The Labute approximate surface area is 123 Å². The minimum atomic E-state index is 0.270. The smallest absolute Gasteiger partial charge is 0.233 e. The third-order valence-electron chi connectivity index (χ3n) is 3.88. The van der Waals surface area contributed by atoms with Gasteiger partial charge in [-0.15, -0.1) is 0 Å². The largest absolute Gasteiger partial charge is 0.473 e. The number of anilines is 1. The summed E-state index contributed by atoms with van der Waals surface area (Å²) in [5.41, 5.74) is 0. The van der Waals surface area contributed by atoms with E-state index in [1.165, 1.54) is 6.42 Å². The molecule has 106 valence electrons. The van der Waals surface area contributed by atoms with E-state index < -0.39 is 0 Å². The molecule has 1 heterocycles. The zero-order valence-electron chi connectivity index (χ0n) is 11.8. The monoisotopic (exact) mass is 327 g/mol. The highest BCUT2D eigenvalue weighted by Gasteiger charge is 2.26. The van der Waals surface area contributed by atoms with E-state index in [0.717, 1.165) is 29.8 Å². The molecule has 2 rings (SSSR count). The molecular formula is C14H22BrN3O. The van der Waals surface area contributed by atoms with Crippen LogP contribution in [0.3, 0.4) is 0 Å². The Morgan fingerprint density at radius 2 is 2.16 bits per heavy atom. The van der Waals surface area contributed by atoms with E-state index in [2.05, 4.69) is 45.1 Å². The first-order chi connectivity index (χ1) is 9.10. The van der Waals surface area contributed by atoms with Gasteiger partial charge in [-0.2, -0.15) is 4.98 Å². The molecule has 1 aliphatic rings. The number of hydrogen-bond donors (Lipinski definition) is 1. The van der Waals surface area contributed by atoms with E-state index in [-0.39, 0.29) is 6.10 Å². The fourth-order valence-corrected chi connectivity index (χ4v) is 2.72. The van der Waals surface area contributed by atoms with Gasteiger partial charge in [0.25, 0.3) is 0 Å². The van der Waals surface area contributed by atoms with Crippen molar-refractivity contribution in [3.8, 4) is 5.88 Å². The second-order valence-electron chi connectivity index (χ2n) is 5.38. The topological polar surface area (TPSA) is 47.0 Å². The summed E-state index contributed by atoms with van der Waals surface area (Å²) < 4.78 is 6.87. The summed E-state index contributed by atoms with van der Waals surface area (Å²) in [5, 5.41) is 3.11. The van der Waals surface area contributed by atoms with Crippen LogP contribution in [0.5, 0.6) is 5.88 Å². The van der Waals surface area contributed by atoms with Gasteiger partial charge >= 0.3 is 0 Å². The van der Waals surface area contributed by atoms with Crippen LogP contribution in [-0.2, 0) is 0 Å². The first-order valence-electron chi connectivity index (χ1n) is 7.03. The van der Waals surface area contributed by atoms with Crippen molar-refractivity contribution in [1.82, 2.24) is 9.97 Å². The molecule has 0 radical (unpaired) electrons. The third kappa shape index (κ3) is 3.81. The molecule has 1 aliphatic carbocycles. The van der Waals surface area contributed by atoms with Crippen molar-refractivity contribution >= 4 is 21.9 Å². The van der Waals surface area contributed by atoms with E-state index in [1.54, 1.807) is 6.20 Å². The number of hydrogen-bond acceptors (Lipinski definition) is 4. The lowest BCUT2D eigenvalue weighted by Crippen LogP contribution is -2.29. The molecule has 0 aromatic carbocycles. The van der Waals surface area contributed by atoms with Crippen molar-refractivity contribution in [1.29, 1.82) is 0 Å². The Morgan fingerprint density at radius 3 is 2.84 bits per heavy atom. The molecule has 3 atom stereocenters. The Kier molecular flexibility index (Phi) is 5.02. The number of nitrogens with one attached hydrogen (secondary N) is 1. The molecule has 1 fully saturated rings. The van der Waals surface area contributed by atoms with Crippen LogP contribution < -0.4 is 10.1 Å². The molecule has 0 bridgehead atoms. The quantitative estimate of drug-likeness (QED) is 0.911. The predicted molar refractivity (Wildman–Crippen MR) is 80.5 cm³/mol. The summed E-state index contributed by atoms with van der Waals surface area (Å²) in [4.78, 5) is 8.61. The van der Waals surface area contributed by atoms with E-state index in [1.807, 2.05) is 6.92 Å². The molecular weight excluding hydrogens is 306 g/mol. The minimum Gasteiger partial charge on any atom is -0.473 e. The fourth-order valence-electron chi connectivity index (χ4n) is 2.44. The second kappa shape index (κ2) is 6.55. The summed E-state index contributed by atoms with van der Waals surface area (Å²) >= 11 is 3.46. The van der Waals surface area contributed by atoms with Gasteiger partial charge in [-0.1, -0.05) is 13.8 Å². The Morgan fingerprint density at radius 1 is 1.37 bits per heavy atom. The van der Waals surface area contributed by atoms with Crippen LogP contribution in [0.4, 0.5) is 5.95 Å². The maximum atomic E-state index is 6.05. The molecule has 1 saturated carbocycles. The number of ether oxygens (including phenoxy) is 1. The van der Waals surface area contributed by atoms with Crippen molar-refractivity contribution in [2.75, 3.05) is 11.9 Å². The van der Waals surface area contributed by atoms with Crippen molar-refractivity contribution in [2.45, 2.75) is 46.1 Å². The van der Waals surface area contributed by atoms with Crippen LogP contribution in [0.2, 0.25) is 0 Å². The minimum absolute atomic E-state index is 0.270.